The molecule has 0 radical (unpaired) electrons. The van der Waals surface area contributed by atoms with E-state index in [0.717, 1.165) is 11.9 Å². The Morgan fingerprint density at radius 3 is 2.56 bits per heavy atom. The summed E-state index contributed by atoms with van der Waals surface area (Å²) >= 11 is 0. The van der Waals surface area contributed by atoms with Crippen molar-refractivity contribution >= 4 is 12.3 Å². The van der Waals surface area contributed by atoms with Crippen LogP contribution in [0.25, 0.3) is 0 Å². The second-order valence-corrected chi connectivity index (χ2v) is 13.3. The average molecular weight is 547 g/mol. The number of aldehydes is 1. The van der Waals surface area contributed by atoms with Crippen LogP contribution in [0.15, 0.2) is 23.3 Å². The fourth-order valence-corrected chi connectivity index (χ4v) is 9.52. The van der Waals surface area contributed by atoms with E-state index in [1.54, 1.807) is 6.92 Å². The Hall–Kier alpha value is -1.66. The minimum atomic E-state index is -1.96. The van der Waals surface area contributed by atoms with Gasteiger partial charge in [0.25, 0.3) is 0 Å². The first-order chi connectivity index (χ1) is 18.5. The lowest BCUT2D eigenvalue weighted by Gasteiger charge is -2.62. The van der Waals surface area contributed by atoms with E-state index in [-0.39, 0.29) is 36.9 Å². The van der Waals surface area contributed by atoms with E-state index in [0.29, 0.717) is 44.1 Å². The van der Waals surface area contributed by atoms with Crippen LogP contribution in [-0.2, 0) is 28.5 Å². The van der Waals surface area contributed by atoms with Crippen molar-refractivity contribution in [3.05, 3.63) is 23.3 Å². The maximum atomic E-state index is 13.1. The molecule has 10 nitrogen and oxygen atoms in total. The first-order valence-electron chi connectivity index (χ1n) is 14.3. The molecule has 4 N–H and O–H groups in total. The molecule has 7 rings (SSSR count). The number of esters is 1. The third kappa shape index (κ3) is 3.28. The molecule has 5 fully saturated rings. The number of hydrogen-bond acceptors (Lipinski definition) is 10. The fraction of sp³-hybridized carbons (Fsp3) is 0.793. The van der Waals surface area contributed by atoms with Crippen molar-refractivity contribution < 1.29 is 49.0 Å². The zero-order valence-electron chi connectivity index (χ0n) is 22.3. The van der Waals surface area contributed by atoms with Gasteiger partial charge in [-0.25, -0.2) is 4.79 Å². The van der Waals surface area contributed by atoms with Gasteiger partial charge in [0.05, 0.1) is 24.4 Å². The first-order valence-corrected chi connectivity index (χ1v) is 14.3. The van der Waals surface area contributed by atoms with E-state index < -0.39 is 58.9 Å². The third-order valence-electron chi connectivity index (χ3n) is 11.6. The van der Waals surface area contributed by atoms with Gasteiger partial charge in [0.2, 0.25) is 12.1 Å². The van der Waals surface area contributed by atoms with Crippen LogP contribution in [0.2, 0.25) is 0 Å². The lowest BCUT2D eigenvalue weighted by molar-refractivity contribution is -0.456. The minimum absolute atomic E-state index is 0.111. The Kier molecular flexibility index (Phi) is 5.68. The van der Waals surface area contributed by atoms with Crippen molar-refractivity contribution in [2.24, 2.45) is 28.6 Å². The number of aliphatic hydroxyl groups excluding tert-OH is 2. The highest BCUT2D eigenvalue weighted by Gasteiger charge is 2.71. The van der Waals surface area contributed by atoms with E-state index in [4.69, 9.17) is 18.9 Å². The number of ether oxygens (including phenoxy) is 4. The van der Waals surface area contributed by atoms with Gasteiger partial charge in [-0.05, 0) is 74.3 Å². The van der Waals surface area contributed by atoms with Gasteiger partial charge in [-0.2, -0.15) is 0 Å². The Bertz CT molecular complexity index is 1150. The third-order valence-corrected chi connectivity index (χ3v) is 11.6. The number of cyclic esters (lactones) is 1. The second kappa shape index (κ2) is 8.44. The average Bonchev–Trinajstić information content (AvgIpc) is 3.41. The molecule has 0 aromatic heterocycles. The summed E-state index contributed by atoms with van der Waals surface area (Å²) in [6, 6.07) is 0. The molecule has 0 unspecified atom stereocenters. The zero-order valence-corrected chi connectivity index (χ0v) is 22.3. The molecule has 39 heavy (non-hydrogen) atoms. The molecule has 214 valence electrons. The first kappa shape index (κ1) is 26.3. The molecule has 0 spiro atoms. The molecular weight excluding hydrogens is 508 g/mol. The second-order valence-electron chi connectivity index (χ2n) is 13.3. The highest BCUT2D eigenvalue weighted by molar-refractivity contribution is 5.85. The largest absolute Gasteiger partial charge is 0.458 e. The lowest BCUT2D eigenvalue weighted by Crippen LogP contribution is -2.70. The number of hydrogen-bond donors (Lipinski definition) is 4. The van der Waals surface area contributed by atoms with Crippen LogP contribution < -0.4 is 0 Å². The van der Waals surface area contributed by atoms with Crippen molar-refractivity contribution in [1.82, 2.24) is 0 Å². The molecule has 3 aliphatic heterocycles. The quantitative estimate of drug-likeness (QED) is 0.223. The Labute approximate surface area is 226 Å². The summed E-state index contributed by atoms with van der Waals surface area (Å²) in [6.07, 6.45) is 2.81. The van der Waals surface area contributed by atoms with Crippen molar-refractivity contribution in [3.63, 3.8) is 0 Å². The van der Waals surface area contributed by atoms with Crippen LogP contribution in [-0.4, -0.2) is 87.5 Å². The summed E-state index contributed by atoms with van der Waals surface area (Å²) in [4.78, 5) is 24.9. The lowest BCUT2D eigenvalue weighted by atomic mass is 9.46. The monoisotopic (exact) mass is 546 g/mol. The standard InChI is InChI=1S/C29H38O10/c1-14-7-23(32)29(35)25(37-14)38-21-11-27(13-30)16(9-20(21)39-29)3-4-18-17(27)5-6-26(2)19(10-22(31)28(18,26)34)15-8-24(33)36-12-15/h4,8,13-14,16-17,19-23,25,31-32,34-35H,3,5-7,9-12H2,1-2H3/t14-,16+,17+,19-,20-,21-,22-,23+,25+,26-,27-,28-,29+/m1/s1. The van der Waals surface area contributed by atoms with Crippen LogP contribution in [0, 0.1) is 28.6 Å². The van der Waals surface area contributed by atoms with Gasteiger partial charge in [-0.3, -0.25) is 0 Å². The Balaban J connectivity index is 1.22. The highest BCUT2D eigenvalue weighted by atomic mass is 16.8. The summed E-state index contributed by atoms with van der Waals surface area (Å²) < 4.78 is 23.3. The smallest absolute Gasteiger partial charge is 0.331 e. The van der Waals surface area contributed by atoms with Gasteiger partial charge >= 0.3 is 5.97 Å². The van der Waals surface area contributed by atoms with Crippen molar-refractivity contribution in [2.45, 2.75) is 107 Å². The number of aliphatic hydroxyl groups is 4. The topological polar surface area (TPSA) is 152 Å². The van der Waals surface area contributed by atoms with E-state index in [9.17, 15) is 30.0 Å². The van der Waals surface area contributed by atoms with Crippen molar-refractivity contribution in [3.8, 4) is 0 Å². The summed E-state index contributed by atoms with van der Waals surface area (Å²) in [5.74, 6) is -2.97. The summed E-state index contributed by atoms with van der Waals surface area (Å²) in [7, 11) is 0. The molecule has 7 aliphatic rings. The molecule has 13 atom stereocenters. The van der Waals surface area contributed by atoms with E-state index >= 15 is 0 Å². The predicted molar refractivity (Wildman–Crippen MR) is 133 cm³/mol. The van der Waals surface area contributed by atoms with Gasteiger partial charge < -0.3 is 44.2 Å². The van der Waals surface area contributed by atoms with Gasteiger partial charge in [0, 0.05) is 23.3 Å². The normalized spacial score (nSPS) is 56.2. The number of allylic oxidation sites excluding steroid dienone is 1. The van der Waals surface area contributed by atoms with Crippen LogP contribution in [0.5, 0.6) is 0 Å². The molecule has 0 aromatic carbocycles. The Morgan fingerprint density at radius 1 is 1.05 bits per heavy atom. The van der Waals surface area contributed by atoms with Crippen LogP contribution in [0.1, 0.15) is 58.8 Å². The zero-order chi connectivity index (χ0) is 27.5. The molecule has 0 bridgehead atoms. The maximum absolute atomic E-state index is 13.1. The van der Waals surface area contributed by atoms with E-state index in [1.165, 1.54) is 6.08 Å². The SMILES string of the molecule is C[C@@H]1C[C@H](O)[C@]2(O)O[C@@H]3C[C@@H]4CC=C5[C@H](CC[C@]6(C)[C@@H](C7=CC(=O)OC7)C[C@@H](O)[C@]56O)[C@@]4(C=O)C[C@H]3O[C@@H]2O1. The van der Waals surface area contributed by atoms with Crippen molar-refractivity contribution in [2.75, 3.05) is 6.61 Å². The highest BCUT2D eigenvalue weighted by Crippen LogP contribution is 2.68. The predicted octanol–water partition coefficient (Wildman–Crippen LogP) is 0.892. The fourth-order valence-electron chi connectivity index (χ4n) is 9.52. The molecule has 4 aliphatic carbocycles. The van der Waals surface area contributed by atoms with Crippen LogP contribution in [0.4, 0.5) is 0 Å². The molecular formula is C29H38O10. The minimum Gasteiger partial charge on any atom is -0.458 e. The van der Waals surface area contributed by atoms with Gasteiger partial charge in [0.1, 0.15) is 24.6 Å². The van der Waals surface area contributed by atoms with Crippen molar-refractivity contribution in [1.29, 1.82) is 0 Å². The summed E-state index contributed by atoms with van der Waals surface area (Å²) in [5, 5.41) is 45.5. The van der Waals surface area contributed by atoms with Gasteiger partial charge in [0.15, 0.2) is 0 Å². The van der Waals surface area contributed by atoms with E-state index in [1.807, 2.05) is 13.0 Å². The van der Waals surface area contributed by atoms with E-state index in [2.05, 4.69) is 0 Å². The van der Waals surface area contributed by atoms with Crippen LogP contribution >= 0.6 is 0 Å². The van der Waals surface area contributed by atoms with Crippen LogP contribution in [0.3, 0.4) is 0 Å². The molecule has 2 saturated heterocycles. The summed E-state index contributed by atoms with van der Waals surface area (Å²) in [6.45, 7) is 3.95. The Morgan fingerprint density at radius 2 is 1.85 bits per heavy atom. The number of carbonyl (C=O) groups excluding carboxylic acids is 2. The number of rotatable bonds is 2. The van der Waals surface area contributed by atoms with Gasteiger partial charge in [-0.1, -0.05) is 13.0 Å². The molecule has 0 aromatic rings. The molecule has 10 heteroatoms. The van der Waals surface area contributed by atoms with Gasteiger partial charge in [-0.15, -0.1) is 0 Å². The molecule has 3 heterocycles. The molecule has 3 saturated carbocycles. The maximum Gasteiger partial charge on any atom is 0.331 e. The number of carbonyl (C=O) groups is 2. The number of fused-ring (bicyclic) bond motifs is 7. The summed E-state index contributed by atoms with van der Waals surface area (Å²) in [5.41, 5.74) is -1.58. The molecule has 0 amide bonds.